The highest BCUT2D eigenvalue weighted by Gasteiger charge is 2.03. The van der Waals surface area contributed by atoms with E-state index in [1.807, 2.05) is 6.07 Å². The third-order valence-corrected chi connectivity index (χ3v) is 2.22. The van der Waals surface area contributed by atoms with Gasteiger partial charge >= 0.3 is 0 Å². The number of benzene rings is 1. The molecular formula is C9H5Cl2NO. The summed E-state index contributed by atoms with van der Waals surface area (Å²) in [6.45, 7) is 0. The minimum absolute atomic E-state index is 0.151. The fourth-order valence-corrected chi connectivity index (χ4v) is 1.13. The van der Waals surface area contributed by atoms with Gasteiger partial charge in [-0.25, -0.2) is 0 Å². The number of aliphatic hydroxyl groups is 1. The number of halogens is 2. The van der Waals surface area contributed by atoms with Crippen molar-refractivity contribution in [2.24, 2.45) is 0 Å². The maximum Gasteiger partial charge on any atom is 0.103 e. The van der Waals surface area contributed by atoms with Crippen LogP contribution in [-0.2, 0) is 0 Å². The Labute approximate surface area is 85.6 Å². The molecule has 66 valence electrons. The zero-order valence-corrected chi connectivity index (χ0v) is 7.97. The van der Waals surface area contributed by atoms with Crippen molar-refractivity contribution in [2.75, 3.05) is 0 Å². The number of rotatable bonds is 1. The van der Waals surface area contributed by atoms with Crippen LogP contribution in [0.3, 0.4) is 0 Å². The lowest BCUT2D eigenvalue weighted by Crippen LogP contribution is -1.81. The molecule has 1 N–H and O–H groups in total. The fourth-order valence-electron chi connectivity index (χ4n) is 0.832. The second-order valence-electron chi connectivity index (χ2n) is 2.28. The lowest BCUT2D eigenvalue weighted by atomic mass is 10.1. The average Bonchev–Trinajstić information content (AvgIpc) is 2.13. The van der Waals surface area contributed by atoms with E-state index >= 15 is 0 Å². The van der Waals surface area contributed by atoms with Crippen LogP contribution >= 0.6 is 23.2 Å². The fraction of sp³-hybridized carbons (Fsp3) is 0. The Bertz CT molecular complexity index is 393. The molecule has 13 heavy (non-hydrogen) atoms. The molecule has 0 bridgehead atoms. The van der Waals surface area contributed by atoms with Gasteiger partial charge in [-0.05, 0) is 17.7 Å². The average molecular weight is 214 g/mol. The molecule has 0 aromatic heterocycles. The van der Waals surface area contributed by atoms with Crippen LogP contribution in [0.5, 0.6) is 0 Å². The van der Waals surface area contributed by atoms with Gasteiger partial charge in [-0.2, -0.15) is 5.26 Å². The van der Waals surface area contributed by atoms with E-state index in [9.17, 15) is 0 Å². The zero-order chi connectivity index (χ0) is 9.84. The van der Waals surface area contributed by atoms with E-state index in [1.165, 1.54) is 6.07 Å². The molecule has 0 spiro atoms. The summed E-state index contributed by atoms with van der Waals surface area (Å²) < 4.78 is 0. The first-order valence-electron chi connectivity index (χ1n) is 3.39. The van der Waals surface area contributed by atoms with Crippen LogP contribution in [0.2, 0.25) is 10.0 Å². The predicted octanol–water partition coefficient (Wildman–Crippen LogP) is 3.42. The van der Waals surface area contributed by atoms with Crippen molar-refractivity contribution >= 4 is 28.8 Å². The van der Waals surface area contributed by atoms with Crippen molar-refractivity contribution in [2.45, 2.75) is 0 Å². The minimum atomic E-state index is 0.151. The summed E-state index contributed by atoms with van der Waals surface area (Å²) in [5.74, 6) is 0. The largest absolute Gasteiger partial charge is 0.514 e. The minimum Gasteiger partial charge on any atom is -0.514 e. The van der Waals surface area contributed by atoms with Crippen LogP contribution in [0.25, 0.3) is 5.57 Å². The van der Waals surface area contributed by atoms with Crippen LogP contribution in [0.1, 0.15) is 5.56 Å². The third kappa shape index (κ3) is 2.15. The SMILES string of the molecule is N#C/C(=C/O)c1ccc(Cl)c(Cl)c1. The second-order valence-corrected chi connectivity index (χ2v) is 3.10. The molecular weight excluding hydrogens is 209 g/mol. The number of hydrogen-bond donors (Lipinski definition) is 1. The first-order chi connectivity index (χ1) is 6.19. The van der Waals surface area contributed by atoms with E-state index in [2.05, 4.69) is 0 Å². The summed E-state index contributed by atoms with van der Waals surface area (Å²) >= 11 is 11.4. The van der Waals surface area contributed by atoms with Gasteiger partial charge in [0.05, 0.1) is 21.9 Å². The Morgan fingerprint density at radius 3 is 2.54 bits per heavy atom. The monoisotopic (exact) mass is 213 g/mol. The van der Waals surface area contributed by atoms with Crippen LogP contribution in [0.4, 0.5) is 0 Å². The first-order valence-corrected chi connectivity index (χ1v) is 4.14. The standard InChI is InChI=1S/C9H5Cl2NO/c10-8-2-1-6(3-9(8)11)7(4-12)5-13/h1-3,5,13H/b7-5-. The topological polar surface area (TPSA) is 44.0 Å². The predicted molar refractivity (Wildman–Crippen MR) is 52.7 cm³/mol. The highest BCUT2D eigenvalue weighted by molar-refractivity contribution is 6.42. The van der Waals surface area contributed by atoms with Crippen molar-refractivity contribution in [3.05, 3.63) is 40.1 Å². The van der Waals surface area contributed by atoms with E-state index in [0.29, 0.717) is 15.6 Å². The van der Waals surface area contributed by atoms with E-state index in [0.717, 1.165) is 6.26 Å². The van der Waals surface area contributed by atoms with Gasteiger partial charge in [0.15, 0.2) is 0 Å². The maximum absolute atomic E-state index is 8.68. The van der Waals surface area contributed by atoms with Gasteiger partial charge in [-0.1, -0.05) is 29.3 Å². The summed E-state index contributed by atoms with van der Waals surface area (Å²) in [6.07, 6.45) is 0.736. The quantitative estimate of drug-likeness (QED) is 0.574. The molecule has 0 unspecified atom stereocenters. The molecule has 0 saturated heterocycles. The molecule has 0 aliphatic heterocycles. The summed E-state index contributed by atoms with van der Waals surface area (Å²) in [6, 6.07) is 6.53. The lowest BCUT2D eigenvalue weighted by Gasteiger charge is -1.99. The molecule has 2 nitrogen and oxygen atoms in total. The first kappa shape index (κ1) is 9.91. The van der Waals surface area contributed by atoms with Crippen LogP contribution in [0.15, 0.2) is 24.5 Å². The molecule has 0 heterocycles. The molecule has 0 saturated carbocycles. The van der Waals surface area contributed by atoms with E-state index in [4.69, 9.17) is 33.6 Å². The lowest BCUT2D eigenvalue weighted by molar-refractivity contribution is 0.476. The number of hydrogen-bond acceptors (Lipinski definition) is 2. The van der Waals surface area contributed by atoms with Crippen molar-refractivity contribution in [1.29, 1.82) is 5.26 Å². The van der Waals surface area contributed by atoms with Crippen LogP contribution in [-0.4, -0.2) is 5.11 Å². The number of nitriles is 1. The molecule has 0 aliphatic carbocycles. The van der Waals surface area contributed by atoms with Gasteiger partial charge in [-0.15, -0.1) is 0 Å². The summed E-state index contributed by atoms with van der Waals surface area (Å²) in [4.78, 5) is 0. The smallest absolute Gasteiger partial charge is 0.103 e. The number of allylic oxidation sites excluding steroid dienone is 1. The highest BCUT2D eigenvalue weighted by Crippen LogP contribution is 2.25. The van der Waals surface area contributed by atoms with Gasteiger partial charge in [0.25, 0.3) is 0 Å². The van der Waals surface area contributed by atoms with Crippen molar-refractivity contribution in [1.82, 2.24) is 0 Å². The summed E-state index contributed by atoms with van der Waals surface area (Å²) in [5, 5.41) is 18.0. The van der Waals surface area contributed by atoms with E-state index in [-0.39, 0.29) is 5.57 Å². The van der Waals surface area contributed by atoms with E-state index in [1.54, 1.807) is 12.1 Å². The highest BCUT2D eigenvalue weighted by atomic mass is 35.5. The molecule has 0 amide bonds. The van der Waals surface area contributed by atoms with Gasteiger partial charge < -0.3 is 5.11 Å². The van der Waals surface area contributed by atoms with Crippen molar-refractivity contribution < 1.29 is 5.11 Å². The van der Waals surface area contributed by atoms with Crippen LogP contribution < -0.4 is 0 Å². The molecule has 0 fully saturated rings. The molecule has 1 aromatic carbocycles. The molecule has 0 aliphatic rings. The third-order valence-electron chi connectivity index (χ3n) is 1.48. The van der Waals surface area contributed by atoms with Crippen molar-refractivity contribution in [3.63, 3.8) is 0 Å². The summed E-state index contributed by atoms with van der Waals surface area (Å²) in [5.41, 5.74) is 0.693. The molecule has 0 radical (unpaired) electrons. The van der Waals surface area contributed by atoms with Gasteiger partial charge in [-0.3, -0.25) is 0 Å². The molecule has 1 rings (SSSR count). The molecule has 1 aromatic rings. The van der Waals surface area contributed by atoms with Gasteiger partial charge in [0.1, 0.15) is 6.07 Å². The zero-order valence-electron chi connectivity index (χ0n) is 6.46. The normalized spacial score (nSPS) is 11.0. The molecule has 4 heteroatoms. The maximum atomic E-state index is 8.68. The Kier molecular flexibility index (Phi) is 3.18. The molecule has 0 atom stereocenters. The Morgan fingerprint density at radius 1 is 1.38 bits per heavy atom. The van der Waals surface area contributed by atoms with E-state index < -0.39 is 0 Å². The Hall–Kier alpha value is -1.17. The van der Waals surface area contributed by atoms with Gasteiger partial charge in [0.2, 0.25) is 0 Å². The summed E-state index contributed by atoms with van der Waals surface area (Å²) in [7, 11) is 0. The number of aliphatic hydroxyl groups excluding tert-OH is 1. The number of nitrogens with zero attached hydrogens (tertiary/aromatic N) is 1. The van der Waals surface area contributed by atoms with Crippen molar-refractivity contribution in [3.8, 4) is 6.07 Å². The Morgan fingerprint density at radius 2 is 2.08 bits per heavy atom. The van der Waals surface area contributed by atoms with Gasteiger partial charge in [0, 0.05) is 0 Å². The Balaban J connectivity index is 3.20. The second kappa shape index (κ2) is 4.18. The van der Waals surface area contributed by atoms with Crippen LogP contribution in [0, 0.1) is 11.3 Å².